The van der Waals surface area contributed by atoms with Crippen LogP contribution in [0.1, 0.15) is 57.1 Å². The molecule has 0 heterocycles. The third-order valence-corrected chi connectivity index (χ3v) is 4.07. The van der Waals surface area contributed by atoms with Crippen molar-refractivity contribution in [2.45, 2.75) is 52.0 Å². The molecule has 1 aliphatic carbocycles. The predicted molar refractivity (Wildman–Crippen MR) is 84.5 cm³/mol. The van der Waals surface area contributed by atoms with Gasteiger partial charge in [0.25, 0.3) is 0 Å². The molecular weight excluding hydrogens is 246 g/mol. The average Bonchev–Trinajstić information content (AvgIpc) is 2.82. The minimum absolute atomic E-state index is 0.0250. The van der Waals surface area contributed by atoms with Gasteiger partial charge in [0.15, 0.2) is 0 Å². The van der Waals surface area contributed by atoms with E-state index in [0.29, 0.717) is 12.0 Å². The molecular formula is C18H25NO. The number of carbonyl (C=O) groups excluding carboxylic acids is 1. The van der Waals surface area contributed by atoms with Gasteiger partial charge in [-0.05, 0) is 48.3 Å². The molecule has 1 aliphatic rings. The first-order valence-electron chi connectivity index (χ1n) is 7.63. The van der Waals surface area contributed by atoms with Crippen molar-refractivity contribution in [2.75, 3.05) is 0 Å². The van der Waals surface area contributed by atoms with Gasteiger partial charge in [0, 0.05) is 12.1 Å². The van der Waals surface area contributed by atoms with Crippen molar-refractivity contribution < 1.29 is 4.79 Å². The molecule has 108 valence electrons. The molecule has 2 nitrogen and oxygen atoms in total. The van der Waals surface area contributed by atoms with E-state index in [9.17, 15) is 4.79 Å². The van der Waals surface area contributed by atoms with E-state index in [1.54, 1.807) is 6.08 Å². The summed E-state index contributed by atoms with van der Waals surface area (Å²) in [7, 11) is 0. The molecule has 2 rings (SSSR count). The summed E-state index contributed by atoms with van der Waals surface area (Å²) < 4.78 is 0. The van der Waals surface area contributed by atoms with Gasteiger partial charge in [-0.25, -0.2) is 0 Å². The van der Waals surface area contributed by atoms with Crippen molar-refractivity contribution in [1.29, 1.82) is 0 Å². The Hall–Kier alpha value is -1.57. The van der Waals surface area contributed by atoms with Crippen LogP contribution in [0.15, 0.2) is 30.3 Å². The largest absolute Gasteiger partial charge is 0.350 e. The maximum atomic E-state index is 11.9. The molecule has 0 aromatic heterocycles. The lowest BCUT2D eigenvalue weighted by Crippen LogP contribution is -2.31. The standard InChI is InChI=1S/C18H25NO/c1-13(2)16-8-5-15(6-9-16)7-11-18(20)19-17-10-4-14(3)12-17/h5-9,11,13-14,17H,4,10,12H2,1-3H3,(H,19,20)/b11-7+. The summed E-state index contributed by atoms with van der Waals surface area (Å²) in [5.41, 5.74) is 2.40. The quantitative estimate of drug-likeness (QED) is 0.820. The molecule has 20 heavy (non-hydrogen) atoms. The van der Waals surface area contributed by atoms with E-state index in [2.05, 4.69) is 50.4 Å². The van der Waals surface area contributed by atoms with E-state index in [0.717, 1.165) is 24.3 Å². The Morgan fingerprint density at radius 3 is 2.50 bits per heavy atom. The molecule has 2 heteroatoms. The maximum absolute atomic E-state index is 11.9. The molecule has 1 aromatic carbocycles. The van der Waals surface area contributed by atoms with Crippen molar-refractivity contribution in [3.05, 3.63) is 41.5 Å². The van der Waals surface area contributed by atoms with Gasteiger partial charge in [-0.3, -0.25) is 4.79 Å². The highest BCUT2D eigenvalue weighted by molar-refractivity contribution is 5.91. The summed E-state index contributed by atoms with van der Waals surface area (Å²) in [5.74, 6) is 1.31. The van der Waals surface area contributed by atoms with Crippen LogP contribution in [-0.4, -0.2) is 11.9 Å². The Morgan fingerprint density at radius 2 is 1.95 bits per heavy atom. The highest BCUT2D eigenvalue weighted by Crippen LogP contribution is 2.24. The summed E-state index contributed by atoms with van der Waals surface area (Å²) in [6, 6.07) is 8.75. The zero-order valence-electron chi connectivity index (χ0n) is 12.7. The highest BCUT2D eigenvalue weighted by atomic mass is 16.1. The highest BCUT2D eigenvalue weighted by Gasteiger charge is 2.21. The molecule has 0 spiro atoms. The Balaban J connectivity index is 1.87. The molecule has 2 atom stereocenters. The average molecular weight is 271 g/mol. The zero-order chi connectivity index (χ0) is 14.5. The predicted octanol–water partition coefficient (Wildman–Crippen LogP) is 4.13. The Bertz CT molecular complexity index is 473. The van der Waals surface area contributed by atoms with E-state index < -0.39 is 0 Å². The van der Waals surface area contributed by atoms with Gasteiger partial charge in [-0.1, -0.05) is 45.0 Å². The summed E-state index contributed by atoms with van der Waals surface area (Å²) in [5, 5.41) is 3.08. The lowest BCUT2D eigenvalue weighted by atomic mass is 10.0. The molecule has 0 saturated heterocycles. The van der Waals surface area contributed by atoms with Gasteiger partial charge in [0.2, 0.25) is 5.91 Å². The number of hydrogen-bond donors (Lipinski definition) is 1. The van der Waals surface area contributed by atoms with Gasteiger partial charge in [-0.15, -0.1) is 0 Å². The van der Waals surface area contributed by atoms with Crippen LogP contribution in [0.2, 0.25) is 0 Å². The molecule has 2 unspecified atom stereocenters. The third kappa shape index (κ3) is 4.22. The second kappa shape index (κ2) is 6.74. The van der Waals surface area contributed by atoms with E-state index >= 15 is 0 Å². The van der Waals surface area contributed by atoms with E-state index in [-0.39, 0.29) is 5.91 Å². The minimum atomic E-state index is 0.0250. The number of rotatable bonds is 4. The number of hydrogen-bond acceptors (Lipinski definition) is 1. The van der Waals surface area contributed by atoms with Crippen molar-refractivity contribution in [2.24, 2.45) is 5.92 Å². The van der Waals surface area contributed by atoms with Crippen LogP contribution >= 0.6 is 0 Å². The lowest BCUT2D eigenvalue weighted by Gasteiger charge is -2.10. The van der Waals surface area contributed by atoms with E-state index in [1.807, 2.05) is 6.08 Å². The zero-order valence-corrected chi connectivity index (χ0v) is 12.7. The van der Waals surface area contributed by atoms with Gasteiger partial charge in [-0.2, -0.15) is 0 Å². The molecule has 0 aliphatic heterocycles. The molecule has 1 aromatic rings. The summed E-state index contributed by atoms with van der Waals surface area (Å²) in [6.45, 7) is 6.61. The monoisotopic (exact) mass is 271 g/mol. The van der Waals surface area contributed by atoms with Crippen LogP contribution < -0.4 is 5.32 Å². The van der Waals surface area contributed by atoms with Gasteiger partial charge in [0.05, 0.1) is 0 Å². The normalized spacial score (nSPS) is 22.6. The molecule has 0 radical (unpaired) electrons. The Morgan fingerprint density at radius 1 is 1.25 bits per heavy atom. The van der Waals surface area contributed by atoms with Gasteiger partial charge < -0.3 is 5.32 Å². The number of amides is 1. The molecule has 1 amide bonds. The number of nitrogens with one attached hydrogen (secondary N) is 1. The second-order valence-corrected chi connectivity index (χ2v) is 6.28. The molecule has 1 N–H and O–H groups in total. The van der Waals surface area contributed by atoms with Crippen LogP contribution in [-0.2, 0) is 4.79 Å². The number of carbonyl (C=O) groups is 1. The number of benzene rings is 1. The van der Waals surface area contributed by atoms with Crippen molar-refractivity contribution >= 4 is 12.0 Å². The van der Waals surface area contributed by atoms with Crippen molar-refractivity contribution in [3.63, 3.8) is 0 Å². The van der Waals surface area contributed by atoms with Crippen LogP contribution in [0.3, 0.4) is 0 Å². The van der Waals surface area contributed by atoms with Crippen molar-refractivity contribution in [1.82, 2.24) is 5.32 Å². The van der Waals surface area contributed by atoms with E-state index in [4.69, 9.17) is 0 Å². The Kier molecular flexibility index (Phi) is 4.99. The van der Waals surface area contributed by atoms with Crippen molar-refractivity contribution in [3.8, 4) is 0 Å². The smallest absolute Gasteiger partial charge is 0.244 e. The fourth-order valence-electron chi connectivity index (χ4n) is 2.75. The molecule has 1 saturated carbocycles. The van der Waals surface area contributed by atoms with Crippen LogP contribution in [0.5, 0.6) is 0 Å². The summed E-state index contributed by atoms with van der Waals surface area (Å²) >= 11 is 0. The second-order valence-electron chi connectivity index (χ2n) is 6.28. The van der Waals surface area contributed by atoms with Gasteiger partial charge >= 0.3 is 0 Å². The summed E-state index contributed by atoms with van der Waals surface area (Å²) in [4.78, 5) is 11.9. The lowest BCUT2D eigenvalue weighted by molar-refractivity contribution is -0.117. The minimum Gasteiger partial charge on any atom is -0.350 e. The topological polar surface area (TPSA) is 29.1 Å². The SMILES string of the molecule is CC1CCC(NC(=O)/C=C/c2ccc(C(C)C)cc2)C1. The fourth-order valence-corrected chi connectivity index (χ4v) is 2.75. The Labute approximate surface area is 122 Å². The summed E-state index contributed by atoms with van der Waals surface area (Å²) in [6.07, 6.45) is 6.99. The van der Waals surface area contributed by atoms with Crippen LogP contribution in [0, 0.1) is 5.92 Å². The first kappa shape index (κ1) is 14.8. The molecule has 0 bridgehead atoms. The first-order valence-corrected chi connectivity index (χ1v) is 7.63. The fraction of sp³-hybridized carbons (Fsp3) is 0.500. The first-order chi connectivity index (χ1) is 9.54. The van der Waals surface area contributed by atoms with Gasteiger partial charge in [0.1, 0.15) is 0 Å². The maximum Gasteiger partial charge on any atom is 0.244 e. The van der Waals surface area contributed by atoms with E-state index in [1.165, 1.54) is 12.0 Å². The molecule has 1 fully saturated rings. The van der Waals surface area contributed by atoms with Crippen LogP contribution in [0.4, 0.5) is 0 Å². The third-order valence-electron chi connectivity index (χ3n) is 4.07. The van der Waals surface area contributed by atoms with Crippen LogP contribution in [0.25, 0.3) is 6.08 Å².